The van der Waals surface area contributed by atoms with Crippen LogP contribution in [0.25, 0.3) is 5.70 Å². The molecule has 0 atom stereocenters. The molecule has 0 saturated carbocycles. The Morgan fingerprint density at radius 3 is 2.65 bits per heavy atom. The Labute approximate surface area is 121 Å². The van der Waals surface area contributed by atoms with Crippen LogP contribution < -0.4 is 0 Å². The van der Waals surface area contributed by atoms with Gasteiger partial charge in [-0.1, -0.05) is 6.58 Å². The first kappa shape index (κ1) is 14.6. The summed E-state index contributed by atoms with van der Waals surface area (Å²) in [5, 5.41) is 14.2. The predicted octanol–water partition coefficient (Wildman–Crippen LogP) is 1.90. The molecule has 1 aliphatic heterocycles. The molecule has 20 heavy (non-hydrogen) atoms. The van der Waals surface area contributed by atoms with Gasteiger partial charge in [-0.15, -0.1) is 0 Å². The van der Waals surface area contributed by atoms with Crippen LogP contribution in [0.15, 0.2) is 6.58 Å². The fourth-order valence-electron chi connectivity index (χ4n) is 2.51. The molecule has 0 unspecified atom stereocenters. The molecule has 2 heterocycles. The van der Waals surface area contributed by atoms with Gasteiger partial charge in [0.05, 0.1) is 11.4 Å². The molecule has 0 aromatic carbocycles. The largest absolute Gasteiger partial charge is 0.376 e. The Kier molecular flexibility index (Phi) is 4.15. The fraction of sp³-hybridized carbons (Fsp3) is 0.600. The van der Waals surface area contributed by atoms with Crippen LogP contribution in [0.1, 0.15) is 37.2 Å². The Balaban J connectivity index is 2.45. The molecule has 1 aromatic rings. The van der Waals surface area contributed by atoms with Crippen LogP contribution in [0.2, 0.25) is 0 Å². The van der Waals surface area contributed by atoms with E-state index in [4.69, 9.17) is 0 Å². The lowest BCUT2D eigenvalue weighted by Gasteiger charge is -2.24. The Morgan fingerprint density at radius 2 is 2.10 bits per heavy atom. The second-order valence-corrected chi connectivity index (χ2v) is 5.76. The molecule has 0 bridgehead atoms. The van der Waals surface area contributed by atoms with Crippen molar-refractivity contribution in [2.24, 2.45) is 0 Å². The van der Waals surface area contributed by atoms with Crippen LogP contribution in [0.4, 0.5) is 0 Å². The van der Waals surface area contributed by atoms with Crippen molar-refractivity contribution in [3.63, 3.8) is 0 Å². The second-order valence-electron chi connectivity index (χ2n) is 5.76. The van der Waals surface area contributed by atoms with Crippen LogP contribution in [0, 0.1) is 11.3 Å². The molecule has 1 aromatic heterocycles. The van der Waals surface area contributed by atoms with Crippen molar-refractivity contribution in [1.82, 2.24) is 19.6 Å². The van der Waals surface area contributed by atoms with Crippen LogP contribution in [0.3, 0.4) is 0 Å². The van der Waals surface area contributed by atoms with E-state index >= 15 is 0 Å². The number of rotatable bonds is 3. The number of nitriles is 1. The fourth-order valence-corrected chi connectivity index (χ4v) is 2.51. The zero-order valence-electron chi connectivity index (χ0n) is 12.8. The lowest BCUT2D eigenvalue weighted by molar-refractivity contribution is 0.216. The van der Waals surface area contributed by atoms with E-state index in [2.05, 4.69) is 36.5 Å². The first-order valence-electron chi connectivity index (χ1n) is 7.06. The van der Waals surface area contributed by atoms with E-state index in [0.717, 1.165) is 43.1 Å². The summed E-state index contributed by atoms with van der Waals surface area (Å²) in [6.07, 6.45) is 1.06. The van der Waals surface area contributed by atoms with Crippen molar-refractivity contribution in [2.75, 3.05) is 20.6 Å². The van der Waals surface area contributed by atoms with Gasteiger partial charge in [-0.3, -0.25) is 9.58 Å². The zero-order valence-corrected chi connectivity index (χ0v) is 12.8. The van der Waals surface area contributed by atoms with Crippen LogP contribution in [-0.2, 0) is 13.1 Å². The van der Waals surface area contributed by atoms with Gasteiger partial charge in [0.25, 0.3) is 0 Å². The standard InChI is InChI=1S/C15H23N5/c1-11(2)19-7-6-8-20-14(10-19)13(9-16)15(17-20)12(3)18(4)5/h11H,3,6-8,10H2,1-2,4-5H3. The lowest BCUT2D eigenvalue weighted by Crippen LogP contribution is -2.30. The maximum absolute atomic E-state index is 9.53. The molecule has 2 rings (SSSR count). The molecule has 0 spiro atoms. The third-order valence-electron chi connectivity index (χ3n) is 3.88. The number of aromatic nitrogens is 2. The lowest BCUT2D eigenvalue weighted by atomic mass is 10.1. The minimum absolute atomic E-state index is 0.475. The summed E-state index contributed by atoms with van der Waals surface area (Å²) in [7, 11) is 3.85. The molecule has 1 aliphatic rings. The highest BCUT2D eigenvalue weighted by Crippen LogP contribution is 2.25. The molecular formula is C15H23N5. The van der Waals surface area contributed by atoms with Gasteiger partial charge in [-0.25, -0.2) is 0 Å². The van der Waals surface area contributed by atoms with Gasteiger partial charge in [0.2, 0.25) is 0 Å². The van der Waals surface area contributed by atoms with Gasteiger partial charge < -0.3 is 4.90 Å². The monoisotopic (exact) mass is 273 g/mol. The molecule has 108 valence electrons. The maximum Gasteiger partial charge on any atom is 0.126 e. The van der Waals surface area contributed by atoms with Gasteiger partial charge in [-0.2, -0.15) is 10.4 Å². The van der Waals surface area contributed by atoms with E-state index in [1.807, 2.05) is 23.7 Å². The van der Waals surface area contributed by atoms with Crippen molar-refractivity contribution in [3.8, 4) is 6.07 Å². The first-order chi connectivity index (χ1) is 9.45. The highest BCUT2D eigenvalue weighted by molar-refractivity contribution is 5.65. The summed E-state index contributed by atoms with van der Waals surface area (Å²) in [5.74, 6) is 0. The maximum atomic E-state index is 9.53. The average Bonchev–Trinajstić information content (AvgIpc) is 2.60. The number of nitrogens with zero attached hydrogens (tertiary/aromatic N) is 5. The third-order valence-corrected chi connectivity index (χ3v) is 3.88. The highest BCUT2D eigenvalue weighted by Gasteiger charge is 2.25. The Hall–Kier alpha value is -1.80. The minimum Gasteiger partial charge on any atom is -0.376 e. The van der Waals surface area contributed by atoms with E-state index < -0.39 is 0 Å². The van der Waals surface area contributed by atoms with E-state index in [-0.39, 0.29) is 0 Å². The van der Waals surface area contributed by atoms with Gasteiger partial charge in [-0.05, 0) is 20.3 Å². The summed E-state index contributed by atoms with van der Waals surface area (Å²) in [6.45, 7) is 11.1. The van der Waals surface area contributed by atoms with Crippen LogP contribution in [-0.4, -0.2) is 46.3 Å². The molecule has 5 heteroatoms. The summed E-state index contributed by atoms with van der Waals surface area (Å²) in [6, 6.07) is 2.80. The van der Waals surface area contributed by atoms with E-state index in [0.29, 0.717) is 11.6 Å². The molecule has 0 amide bonds. The second kappa shape index (κ2) is 5.68. The summed E-state index contributed by atoms with van der Waals surface area (Å²) in [4.78, 5) is 4.30. The van der Waals surface area contributed by atoms with E-state index in [1.165, 1.54) is 0 Å². The molecule has 0 saturated heterocycles. The smallest absolute Gasteiger partial charge is 0.126 e. The normalized spacial score (nSPS) is 15.6. The van der Waals surface area contributed by atoms with Crippen molar-refractivity contribution in [3.05, 3.63) is 23.5 Å². The Bertz CT molecular complexity index is 547. The molecule has 5 nitrogen and oxygen atoms in total. The quantitative estimate of drug-likeness (QED) is 0.844. The number of fused-ring (bicyclic) bond motifs is 1. The van der Waals surface area contributed by atoms with E-state index in [1.54, 1.807) is 0 Å². The summed E-state index contributed by atoms with van der Waals surface area (Å²) in [5.41, 5.74) is 3.21. The number of aryl methyl sites for hydroxylation is 1. The summed E-state index contributed by atoms with van der Waals surface area (Å²) >= 11 is 0. The zero-order chi connectivity index (χ0) is 14.9. The Morgan fingerprint density at radius 1 is 1.40 bits per heavy atom. The number of hydrogen-bond acceptors (Lipinski definition) is 4. The molecular weight excluding hydrogens is 250 g/mol. The summed E-state index contributed by atoms with van der Waals surface area (Å²) < 4.78 is 1.99. The molecule has 0 radical (unpaired) electrons. The third kappa shape index (κ3) is 2.56. The number of hydrogen-bond donors (Lipinski definition) is 0. The van der Waals surface area contributed by atoms with Gasteiger partial charge in [0.15, 0.2) is 0 Å². The van der Waals surface area contributed by atoms with E-state index in [9.17, 15) is 5.26 Å². The van der Waals surface area contributed by atoms with Crippen molar-refractivity contribution < 1.29 is 0 Å². The first-order valence-corrected chi connectivity index (χ1v) is 7.06. The predicted molar refractivity (Wildman–Crippen MR) is 79.8 cm³/mol. The average molecular weight is 273 g/mol. The minimum atomic E-state index is 0.475. The van der Waals surface area contributed by atoms with Gasteiger partial charge in [0, 0.05) is 39.8 Å². The topological polar surface area (TPSA) is 48.1 Å². The van der Waals surface area contributed by atoms with Crippen LogP contribution >= 0.6 is 0 Å². The molecule has 0 aliphatic carbocycles. The molecule has 0 N–H and O–H groups in total. The van der Waals surface area contributed by atoms with Gasteiger partial charge in [0.1, 0.15) is 17.3 Å². The van der Waals surface area contributed by atoms with Gasteiger partial charge >= 0.3 is 0 Å². The van der Waals surface area contributed by atoms with Crippen LogP contribution in [0.5, 0.6) is 0 Å². The molecule has 0 fully saturated rings. The van der Waals surface area contributed by atoms with Crippen molar-refractivity contribution >= 4 is 5.70 Å². The van der Waals surface area contributed by atoms with Crippen molar-refractivity contribution in [2.45, 2.75) is 39.4 Å². The highest BCUT2D eigenvalue weighted by atomic mass is 15.3. The van der Waals surface area contributed by atoms with Crippen molar-refractivity contribution in [1.29, 1.82) is 5.26 Å². The SMILES string of the molecule is C=C(c1nn2c(c1C#N)CN(C(C)C)CCC2)N(C)C.